The van der Waals surface area contributed by atoms with Gasteiger partial charge < -0.3 is 15.7 Å². The van der Waals surface area contributed by atoms with Crippen molar-refractivity contribution >= 4 is 29.0 Å². The highest BCUT2D eigenvalue weighted by Crippen LogP contribution is 2.21. The molecule has 0 saturated carbocycles. The lowest BCUT2D eigenvalue weighted by molar-refractivity contribution is 0.0349. The summed E-state index contributed by atoms with van der Waals surface area (Å²) in [6.45, 7) is 4.64. The van der Waals surface area contributed by atoms with Gasteiger partial charge in [-0.25, -0.2) is 4.79 Å². The van der Waals surface area contributed by atoms with E-state index in [2.05, 4.69) is 10.6 Å². The summed E-state index contributed by atoms with van der Waals surface area (Å²) in [7, 11) is 0. The second kappa shape index (κ2) is 7.72. The highest BCUT2D eigenvalue weighted by atomic mass is 35.5. The number of nitrogens with one attached hydrogen (secondary N) is 2. The zero-order valence-electron chi connectivity index (χ0n) is 11.3. The van der Waals surface area contributed by atoms with E-state index < -0.39 is 5.60 Å². The van der Waals surface area contributed by atoms with Gasteiger partial charge in [0.25, 0.3) is 0 Å². The molecule has 108 valence electrons. The van der Waals surface area contributed by atoms with Crippen molar-refractivity contribution in [2.75, 3.05) is 13.1 Å². The third-order valence-electron chi connectivity index (χ3n) is 3.18. The first-order valence-electron chi connectivity index (χ1n) is 6.47. The number of carbonyl (C=O) groups excluding carboxylic acids is 1. The minimum absolute atomic E-state index is 0.247. The molecular formula is C13H21ClN2O2S. The quantitative estimate of drug-likeness (QED) is 0.725. The minimum atomic E-state index is -0.807. The molecule has 4 nitrogen and oxygen atoms in total. The van der Waals surface area contributed by atoms with E-state index in [1.807, 2.05) is 26.0 Å². The van der Waals surface area contributed by atoms with Gasteiger partial charge in [0, 0.05) is 18.0 Å². The Morgan fingerprint density at radius 3 is 2.58 bits per heavy atom. The number of aliphatic hydroxyl groups is 1. The van der Waals surface area contributed by atoms with Gasteiger partial charge in [0.1, 0.15) is 0 Å². The number of halogens is 1. The maximum absolute atomic E-state index is 11.6. The smallest absolute Gasteiger partial charge is 0.314 e. The summed E-state index contributed by atoms with van der Waals surface area (Å²) in [5.41, 5.74) is -0.807. The summed E-state index contributed by atoms with van der Waals surface area (Å²) >= 11 is 7.34. The molecule has 0 saturated heterocycles. The molecule has 1 aromatic rings. The lowest BCUT2D eigenvalue weighted by Gasteiger charge is -2.25. The van der Waals surface area contributed by atoms with Crippen molar-refractivity contribution < 1.29 is 9.90 Å². The van der Waals surface area contributed by atoms with E-state index >= 15 is 0 Å². The predicted molar refractivity (Wildman–Crippen MR) is 80.0 cm³/mol. The zero-order chi connectivity index (χ0) is 14.3. The molecule has 1 rings (SSSR count). The van der Waals surface area contributed by atoms with Crippen LogP contribution in [0.25, 0.3) is 0 Å². The molecule has 19 heavy (non-hydrogen) atoms. The van der Waals surface area contributed by atoms with Gasteiger partial charge in [-0.2, -0.15) is 0 Å². The summed E-state index contributed by atoms with van der Waals surface area (Å²) in [5.74, 6) is 0. The van der Waals surface area contributed by atoms with Crippen molar-refractivity contribution in [3.8, 4) is 0 Å². The Hall–Kier alpha value is -0.780. The fourth-order valence-electron chi connectivity index (χ4n) is 1.59. The van der Waals surface area contributed by atoms with Crippen LogP contribution < -0.4 is 10.6 Å². The van der Waals surface area contributed by atoms with E-state index in [1.165, 1.54) is 11.3 Å². The van der Waals surface area contributed by atoms with Gasteiger partial charge in [-0.15, -0.1) is 11.3 Å². The number of rotatable bonds is 7. The Bertz CT molecular complexity index is 405. The van der Waals surface area contributed by atoms with Crippen molar-refractivity contribution in [3.63, 3.8) is 0 Å². The van der Waals surface area contributed by atoms with Gasteiger partial charge in [0.05, 0.1) is 9.94 Å². The molecule has 0 fully saturated rings. The number of amides is 2. The van der Waals surface area contributed by atoms with Crippen LogP contribution in [0.2, 0.25) is 4.34 Å². The van der Waals surface area contributed by atoms with Crippen LogP contribution in [0.3, 0.4) is 0 Å². The lowest BCUT2D eigenvalue weighted by atomic mass is 9.98. The van der Waals surface area contributed by atoms with Crippen LogP contribution in [0.1, 0.15) is 31.6 Å². The summed E-state index contributed by atoms with van der Waals surface area (Å²) in [6.07, 6.45) is 2.01. The standard InChI is InChI=1S/C13H21ClN2O2S/c1-3-13(18,4-2)9-16-12(17)15-8-7-10-5-6-11(14)19-10/h5-6,18H,3-4,7-9H2,1-2H3,(H2,15,16,17). The molecule has 0 unspecified atom stereocenters. The molecule has 0 radical (unpaired) electrons. The van der Waals surface area contributed by atoms with Crippen LogP contribution in [-0.2, 0) is 6.42 Å². The van der Waals surface area contributed by atoms with Crippen molar-refractivity contribution in [2.24, 2.45) is 0 Å². The van der Waals surface area contributed by atoms with Crippen LogP contribution in [0.5, 0.6) is 0 Å². The minimum Gasteiger partial charge on any atom is -0.388 e. The first-order chi connectivity index (χ1) is 8.99. The summed E-state index contributed by atoms with van der Waals surface area (Å²) in [6, 6.07) is 3.56. The molecule has 0 aliphatic heterocycles. The number of urea groups is 1. The predicted octanol–water partition coefficient (Wildman–Crippen LogP) is 2.79. The highest BCUT2D eigenvalue weighted by molar-refractivity contribution is 7.16. The van der Waals surface area contributed by atoms with Crippen molar-refractivity contribution in [1.82, 2.24) is 10.6 Å². The van der Waals surface area contributed by atoms with E-state index in [-0.39, 0.29) is 12.6 Å². The molecule has 3 N–H and O–H groups in total. The third kappa shape index (κ3) is 5.80. The molecular weight excluding hydrogens is 284 g/mol. The Kier molecular flexibility index (Phi) is 6.62. The molecule has 0 spiro atoms. The average molecular weight is 305 g/mol. The van der Waals surface area contributed by atoms with Gasteiger partial charge in [-0.3, -0.25) is 0 Å². The molecule has 1 heterocycles. The van der Waals surface area contributed by atoms with Crippen LogP contribution in [0.15, 0.2) is 12.1 Å². The molecule has 0 aliphatic rings. The van der Waals surface area contributed by atoms with Crippen LogP contribution in [-0.4, -0.2) is 29.8 Å². The lowest BCUT2D eigenvalue weighted by Crippen LogP contribution is -2.46. The van der Waals surface area contributed by atoms with E-state index in [4.69, 9.17) is 11.6 Å². The fourth-order valence-corrected chi connectivity index (χ4v) is 2.68. The number of carbonyl (C=O) groups is 1. The maximum Gasteiger partial charge on any atom is 0.314 e. The normalized spacial score (nSPS) is 11.4. The van der Waals surface area contributed by atoms with Crippen LogP contribution >= 0.6 is 22.9 Å². The molecule has 0 atom stereocenters. The average Bonchev–Trinajstić information content (AvgIpc) is 2.82. The molecule has 0 aliphatic carbocycles. The van der Waals surface area contributed by atoms with E-state index in [0.29, 0.717) is 19.4 Å². The van der Waals surface area contributed by atoms with Gasteiger partial charge in [-0.1, -0.05) is 25.4 Å². The van der Waals surface area contributed by atoms with Gasteiger partial charge >= 0.3 is 6.03 Å². The molecule has 6 heteroatoms. The van der Waals surface area contributed by atoms with Gasteiger partial charge in [0.2, 0.25) is 0 Å². The Morgan fingerprint density at radius 2 is 2.05 bits per heavy atom. The van der Waals surface area contributed by atoms with Gasteiger partial charge in [-0.05, 0) is 31.4 Å². The molecule has 0 aromatic carbocycles. The molecule has 0 bridgehead atoms. The van der Waals surface area contributed by atoms with Gasteiger partial charge in [0.15, 0.2) is 0 Å². The van der Waals surface area contributed by atoms with E-state index in [0.717, 1.165) is 15.6 Å². The van der Waals surface area contributed by atoms with Crippen molar-refractivity contribution in [1.29, 1.82) is 0 Å². The van der Waals surface area contributed by atoms with E-state index in [1.54, 1.807) is 0 Å². The Labute approximate surface area is 123 Å². The van der Waals surface area contributed by atoms with Crippen molar-refractivity contribution in [2.45, 2.75) is 38.7 Å². The molecule has 1 aromatic heterocycles. The maximum atomic E-state index is 11.6. The monoisotopic (exact) mass is 304 g/mol. The topological polar surface area (TPSA) is 61.4 Å². The number of thiophene rings is 1. The van der Waals surface area contributed by atoms with Crippen molar-refractivity contribution in [3.05, 3.63) is 21.3 Å². The summed E-state index contributed by atoms with van der Waals surface area (Å²) in [5, 5.41) is 15.5. The second-order valence-corrected chi connectivity index (χ2v) is 6.30. The number of hydrogen-bond donors (Lipinski definition) is 3. The zero-order valence-corrected chi connectivity index (χ0v) is 12.9. The summed E-state index contributed by atoms with van der Waals surface area (Å²) < 4.78 is 0.760. The third-order valence-corrected chi connectivity index (χ3v) is 4.47. The fraction of sp³-hybridized carbons (Fsp3) is 0.615. The van der Waals surface area contributed by atoms with E-state index in [9.17, 15) is 9.90 Å². The van der Waals surface area contributed by atoms with Crippen LogP contribution in [0, 0.1) is 0 Å². The number of hydrogen-bond acceptors (Lipinski definition) is 3. The largest absolute Gasteiger partial charge is 0.388 e. The first kappa shape index (κ1) is 16.3. The Morgan fingerprint density at radius 1 is 1.37 bits per heavy atom. The molecule has 2 amide bonds. The SMILES string of the molecule is CCC(O)(CC)CNC(=O)NCCc1ccc(Cl)s1. The second-order valence-electron chi connectivity index (χ2n) is 4.50. The Balaban J connectivity index is 2.21. The summed E-state index contributed by atoms with van der Waals surface area (Å²) in [4.78, 5) is 12.7. The van der Waals surface area contributed by atoms with Crippen LogP contribution in [0.4, 0.5) is 4.79 Å². The first-order valence-corrected chi connectivity index (χ1v) is 7.67. The highest BCUT2D eigenvalue weighted by Gasteiger charge is 2.22.